The van der Waals surface area contributed by atoms with Crippen molar-refractivity contribution in [1.29, 1.82) is 0 Å². The largest absolute Gasteiger partial charge is 0.453 e. The molecule has 2 saturated heterocycles. The summed E-state index contributed by atoms with van der Waals surface area (Å²) in [5.74, 6) is 1.13. The third-order valence-corrected chi connectivity index (χ3v) is 11.5. The van der Waals surface area contributed by atoms with Crippen LogP contribution in [0.2, 0.25) is 0 Å². The molecule has 0 aliphatic carbocycles. The monoisotopic (exact) mass is 809 g/mol. The van der Waals surface area contributed by atoms with E-state index in [4.69, 9.17) is 19.4 Å². The molecule has 3 aromatic carbocycles. The second kappa shape index (κ2) is 17.9. The number of aromatic nitrogens is 5. The lowest BCUT2D eigenvalue weighted by Crippen LogP contribution is -3.14. The molecule has 0 radical (unpaired) electrons. The summed E-state index contributed by atoms with van der Waals surface area (Å²) in [5.41, 5.74) is 6.56. The highest BCUT2D eigenvalue weighted by atomic mass is 16.5. The quantitative estimate of drug-likeness (QED) is 0.111. The predicted octanol–water partition coefficient (Wildman–Crippen LogP) is 4.22. The first-order valence-electron chi connectivity index (χ1n) is 20.1. The van der Waals surface area contributed by atoms with Gasteiger partial charge in [0.2, 0.25) is 0 Å². The Morgan fingerprint density at radius 1 is 0.583 bits per heavy atom. The number of hydrogen-bond acceptors (Lipinski definition) is 9. The lowest BCUT2D eigenvalue weighted by molar-refractivity contribution is -0.841. The second-order valence-corrected chi connectivity index (χ2v) is 15.0. The lowest BCUT2D eigenvalue weighted by atomic mass is 10.0. The van der Waals surface area contributed by atoms with Crippen LogP contribution in [-0.4, -0.2) is 76.2 Å². The zero-order valence-corrected chi connectivity index (χ0v) is 33.3. The number of carbonyl (C=O) groups is 4. The summed E-state index contributed by atoms with van der Waals surface area (Å²) in [4.78, 5) is 74.8. The van der Waals surface area contributed by atoms with Crippen LogP contribution in [0.1, 0.15) is 72.6 Å². The molecule has 3 aromatic heterocycles. The fraction of sp³-hybridized carbons (Fsp3) is 0.267. The number of imidazole rings is 2. The SMILES string of the molecule is COC(=O)N[C@@H](C(=O)[NH+]1CCCC1c1ncc(-c2ccc(-c3ccc(-c4cnc(C5CCC[NH+]5C(=O)[C@H](NC(=O)OC)c5ccccc5)[nH]4)nc3)cc2)[nH]1)c1ccccc1. The van der Waals surface area contributed by atoms with Crippen LogP contribution >= 0.6 is 0 Å². The van der Waals surface area contributed by atoms with Crippen molar-refractivity contribution >= 4 is 24.0 Å². The molecule has 6 aromatic rings. The van der Waals surface area contributed by atoms with E-state index in [0.29, 0.717) is 30.0 Å². The summed E-state index contributed by atoms with van der Waals surface area (Å²) in [5, 5.41) is 5.45. The van der Waals surface area contributed by atoms with Crippen molar-refractivity contribution in [1.82, 2.24) is 35.6 Å². The Morgan fingerprint density at radius 3 is 1.53 bits per heavy atom. The topological polar surface area (TPSA) is 190 Å². The molecule has 15 nitrogen and oxygen atoms in total. The molecule has 4 unspecified atom stereocenters. The van der Waals surface area contributed by atoms with Crippen LogP contribution in [0.3, 0.4) is 0 Å². The fourth-order valence-corrected chi connectivity index (χ4v) is 8.37. The summed E-state index contributed by atoms with van der Waals surface area (Å²) in [7, 11) is 2.56. The molecule has 0 bridgehead atoms. The highest BCUT2D eigenvalue weighted by molar-refractivity contribution is 5.82. The Labute approximate surface area is 346 Å². The minimum atomic E-state index is -0.859. The molecule has 2 aliphatic rings. The van der Waals surface area contributed by atoms with Crippen LogP contribution in [0.4, 0.5) is 9.59 Å². The number of methoxy groups -OCH3 is 2. The average Bonchev–Trinajstić information content (AvgIpc) is 4.15. The third-order valence-electron chi connectivity index (χ3n) is 11.5. The van der Waals surface area contributed by atoms with Crippen LogP contribution < -0.4 is 20.4 Å². The Balaban J connectivity index is 0.928. The van der Waals surface area contributed by atoms with Gasteiger partial charge in [-0.25, -0.2) is 29.1 Å². The smallest absolute Gasteiger partial charge is 0.407 e. The summed E-state index contributed by atoms with van der Waals surface area (Å²) in [6.07, 6.45) is 7.26. The molecule has 8 rings (SSSR count). The molecule has 5 heterocycles. The lowest BCUT2D eigenvalue weighted by Gasteiger charge is -2.23. The standard InChI is InChI=1S/C45H45N9O6/c1-59-44(57)51-38(30-11-5-3-6-12-30)42(55)53-23-9-15-36(53)40-47-26-34(49-40)29-19-17-28(18-20-29)32-21-22-33(46-25-32)35-27-48-41(50-35)37-16-10-24-54(37)43(56)39(52-45(58)60-2)31-13-7-4-8-14-31/h3-8,11-14,17-22,25-27,36-39H,9-10,15-16,23-24H2,1-2H3,(H,47,49)(H,48,50)(H,51,57)(H,52,58)/p+2/t36?,37?,38-,39-/m1/s1. The van der Waals surface area contributed by atoms with E-state index >= 15 is 0 Å². The molecule has 4 amide bonds. The molecule has 15 heteroatoms. The van der Waals surface area contributed by atoms with Crippen molar-refractivity contribution in [2.45, 2.75) is 49.9 Å². The van der Waals surface area contributed by atoms with Crippen LogP contribution in [0.25, 0.3) is 33.8 Å². The first-order chi connectivity index (χ1) is 29.3. The second-order valence-electron chi connectivity index (χ2n) is 15.0. The molecular formula is C45H47N9O6+2. The van der Waals surface area contributed by atoms with Gasteiger partial charge in [0, 0.05) is 37.4 Å². The van der Waals surface area contributed by atoms with E-state index in [1.165, 1.54) is 14.2 Å². The van der Waals surface area contributed by atoms with Gasteiger partial charge in [0.1, 0.15) is 0 Å². The van der Waals surface area contributed by atoms with E-state index in [0.717, 1.165) is 75.1 Å². The Bertz CT molecular complexity index is 2270. The van der Waals surface area contributed by atoms with Gasteiger partial charge in [-0.1, -0.05) is 91.0 Å². The number of carbonyl (C=O) groups excluding carboxylic acids is 4. The van der Waals surface area contributed by atoms with Crippen LogP contribution in [0.15, 0.2) is 116 Å². The number of alkyl carbamates (subject to hydrolysis) is 2. The minimum Gasteiger partial charge on any atom is -0.453 e. The van der Waals surface area contributed by atoms with Crippen molar-refractivity contribution < 1.29 is 38.5 Å². The number of ether oxygens (including phenoxy) is 2. The normalized spacial score (nSPS) is 19.6. The van der Waals surface area contributed by atoms with Crippen LogP contribution in [0.5, 0.6) is 0 Å². The maximum absolute atomic E-state index is 13.9. The van der Waals surface area contributed by atoms with Gasteiger partial charge in [0.25, 0.3) is 0 Å². The van der Waals surface area contributed by atoms with Crippen molar-refractivity contribution in [2.75, 3.05) is 27.3 Å². The number of benzene rings is 3. The van der Waals surface area contributed by atoms with Crippen molar-refractivity contribution in [3.8, 4) is 33.8 Å². The summed E-state index contributed by atoms with van der Waals surface area (Å²) in [6.45, 7) is 1.25. The zero-order chi connectivity index (χ0) is 41.6. The molecular weight excluding hydrogens is 763 g/mol. The predicted molar refractivity (Wildman–Crippen MR) is 220 cm³/mol. The minimum absolute atomic E-state index is 0.138. The van der Waals surface area contributed by atoms with E-state index in [1.54, 1.807) is 12.4 Å². The number of aromatic amines is 2. The first kappa shape index (κ1) is 39.8. The van der Waals surface area contributed by atoms with Crippen LogP contribution in [-0.2, 0) is 19.1 Å². The molecule has 306 valence electrons. The number of hydrogen-bond donors (Lipinski definition) is 6. The van der Waals surface area contributed by atoms with Gasteiger partial charge in [-0.3, -0.25) is 14.8 Å². The molecule has 6 atom stereocenters. The molecule has 2 fully saturated rings. The van der Waals surface area contributed by atoms with Crippen molar-refractivity contribution in [3.63, 3.8) is 0 Å². The number of rotatable bonds is 11. The van der Waals surface area contributed by atoms with E-state index < -0.39 is 24.3 Å². The third kappa shape index (κ3) is 8.44. The van der Waals surface area contributed by atoms with E-state index in [1.807, 2.05) is 103 Å². The average molecular weight is 810 g/mol. The van der Waals surface area contributed by atoms with Gasteiger partial charge in [0.05, 0.1) is 56.8 Å². The summed E-state index contributed by atoms with van der Waals surface area (Å²) < 4.78 is 9.66. The van der Waals surface area contributed by atoms with E-state index in [2.05, 4.69) is 25.6 Å². The molecule has 0 saturated carbocycles. The van der Waals surface area contributed by atoms with Gasteiger partial charge < -0.3 is 30.1 Å². The molecule has 2 aliphatic heterocycles. The Morgan fingerprint density at radius 2 is 1.05 bits per heavy atom. The molecule has 0 spiro atoms. The van der Waals surface area contributed by atoms with Gasteiger partial charge >= 0.3 is 24.0 Å². The highest BCUT2D eigenvalue weighted by Gasteiger charge is 2.43. The van der Waals surface area contributed by atoms with Crippen LogP contribution in [0, 0.1) is 0 Å². The first-order valence-corrected chi connectivity index (χ1v) is 20.1. The number of H-pyrrole nitrogens is 2. The highest BCUT2D eigenvalue weighted by Crippen LogP contribution is 2.28. The number of likely N-dealkylation sites (tertiary alicyclic amines) is 2. The fourth-order valence-electron chi connectivity index (χ4n) is 8.37. The number of nitrogens with one attached hydrogen (secondary N) is 6. The maximum Gasteiger partial charge on any atom is 0.407 e. The van der Waals surface area contributed by atoms with Gasteiger partial charge in [0.15, 0.2) is 35.8 Å². The number of pyridine rings is 1. The maximum atomic E-state index is 13.9. The van der Waals surface area contributed by atoms with E-state index in [9.17, 15) is 19.2 Å². The molecule has 60 heavy (non-hydrogen) atoms. The summed E-state index contributed by atoms with van der Waals surface area (Å²) in [6, 6.07) is 28.4. The van der Waals surface area contributed by atoms with Crippen molar-refractivity contribution in [3.05, 3.63) is 138 Å². The van der Waals surface area contributed by atoms with Crippen molar-refractivity contribution in [2.24, 2.45) is 0 Å². The Hall–Kier alpha value is -6.97. The van der Waals surface area contributed by atoms with E-state index in [-0.39, 0.29) is 23.9 Å². The zero-order valence-electron chi connectivity index (χ0n) is 33.3. The number of nitrogens with zero attached hydrogens (tertiary/aromatic N) is 3. The van der Waals surface area contributed by atoms with Gasteiger partial charge in [-0.05, 0) is 28.3 Å². The van der Waals surface area contributed by atoms with Gasteiger partial charge in [-0.15, -0.1) is 0 Å². The number of quaternary nitrogens is 2. The Kier molecular flexibility index (Phi) is 11.9. The number of amides is 4. The molecule has 6 N–H and O–H groups in total. The summed E-state index contributed by atoms with van der Waals surface area (Å²) >= 11 is 0. The van der Waals surface area contributed by atoms with Gasteiger partial charge in [-0.2, -0.15) is 0 Å².